The van der Waals surface area contributed by atoms with Crippen molar-refractivity contribution < 1.29 is 24.8 Å². The molecule has 10 nitrogen and oxygen atoms in total. The average molecular weight is 528 g/mol. The zero-order chi connectivity index (χ0) is 27.2. The fourth-order valence-electron chi connectivity index (χ4n) is 5.25. The molecule has 0 bridgehead atoms. The zero-order valence-corrected chi connectivity index (χ0v) is 23.0. The zero-order valence-electron chi connectivity index (χ0n) is 23.0. The molecule has 2 fully saturated rings. The van der Waals surface area contributed by atoms with Crippen LogP contribution in [-0.4, -0.2) is 68.3 Å². The normalized spacial score (nSPS) is 26.7. The van der Waals surface area contributed by atoms with Crippen molar-refractivity contribution in [1.82, 2.24) is 15.0 Å². The molecule has 5 unspecified atom stereocenters. The number of hydrogen-bond donors (Lipinski definition) is 5. The Morgan fingerprint density at radius 1 is 1.08 bits per heavy atom. The van der Waals surface area contributed by atoms with E-state index in [4.69, 9.17) is 19.4 Å². The van der Waals surface area contributed by atoms with E-state index in [1.165, 1.54) is 12.8 Å². The first-order chi connectivity index (χ1) is 18.0. The van der Waals surface area contributed by atoms with Crippen molar-refractivity contribution in [3.8, 4) is 11.6 Å². The second kappa shape index (κ2) is 10.5. The lowest BCUT2D eigenvalue weighted by Gasteiger charge is -2.24. The van der Waals surface area contributed by atoms with Gasteiger partial charge in [0, 0.05) is 37.1 Å². The fraction of sp³-hybridized carbons (Fsp3) is 0.679. The van der Waals surface area contributed by atoms with Crippen LogP contribution in [0.25, 0.3) is 0 Å². The lowest BCUT2D eigenvalue weighted by atomic mass is 9.99. The number of nitrogens with one attached hydrogen (secondary N) is 2. The summed E-state index contributed by atoms with van der Waals surface area (Å²) < 4.78 is 12.4. The van der Waals surface area contributed by atoms with Crippen molar-refractivity contribution in [2.24, 2.45) is 17.3 Å². The molecule has 5 N–H and O–H groups in total. The van der Waals surface area contributed by atoms with Gasteiger partial charge in [0.15, 0.2) is 0 Å². The van der Waals surface area contributed by atoms with E-state index in [9.17, 15) is 15.3 Å². The van der Waals surface area contributed by atoms with Gasteiger partial charge in [0.1, 0.15) is 23.8 Å². The van der Waals surface area contributed by atoms with Gasteiger partial charge < -0.3 is 35.4 Å². The van der Waals surface area contributed by atoms with E-state index in [1.54, 1.807) is 0 Å². The molecule has 1 aliphatic heterocycles. The Bertz CT molecular complexity index is 1170. The number of anilines is 2. The van der Waals surface area contributed by atoms with Crippen LogP contribution in [0.2, 0.25) is 0 Å². The van der Waals surface area contributed by atoms with Gasteiger partial charge in [0.25, 0.3) is 0 Å². The van der Waals surface area contributed by atoms with Crippen molar-refractivity contribution in [2.75, 3.05) is 30.4 Å². The van der Waals surface area contributed by atoms with Gasteiger partial charge in [-0.3, -0.25) is 0 Å². The maximum absolute atomic E-state index is 10.7. The predicted molar refractivity (Wildman–Crippen MR) is 144 cm³/mol. The Balaban J connectivity index is 1.42. The third-order valence-electron chi connectivity index (χ3n) is 7.58. The van der Waals surface area contributed by atoms with Crippen LogP contribution < -0.4 is 20.1 Å². The van der Waals surface area contributed by atoms with Gasteiger partial charge in [-0.05, 0) is 44.4 Å². The van der Waals surface area contributed by atoms with Crippen molar-refractivity contribution in [3.05, 3.63) is 28.6 Å². The highest BCUT2D eigenvalue weighted by Gasteiger charge is 2.42. The summed E-state index contributed by atoms with van der Waals surface area (Å²) in [4.78, 5) is 14.2. The van der Waals surface area contributed by atoms with Gasteiger partial charge in [-0.25, -0.2) is 9.97 Å². The highest BCUT2D eigenvalue weighted by atomic mass is 16.5. The number of hydrogen-bond acceptors (Lipinski definition) is 10. The molecule has 5 atom stereocenters. The van der Waals surface area contributed by atoms with Crippen LogP contribution in [0.4, 0.5) is 11.8 Å². The molecule has 38 heavy (non-hydrogen) atoms. The number of fused-ring (bicyclic) bond motifs is 1. The molecule has 2 aliphatic carbocycles. The van der Waals surface area contributed by atoms with E-state index in [-0.39, 0.29) is 18.1 Å². The third kappa shape index (κ3) is 5.82. The number of rotatable bonds is 9. The molecule has 0 saturated heterocycles. The molecule has 2 aromatic rings. The Morgan fingerprint density at radius 3 is 2.50 bits per heavy atom. The van der Waals surface area contributed by atoms with Crippen LogP contribution >= 0.6 is 0 Å². The molecule has 0 aromatic carbocycles. The lowest BCUT2D eigenvalue weighted by molar-refractivity contribution is 0.00444. The average Bonchev–Trinajstić information content (AvgIpc) is 3.53. The summed E-state index contributed by atoms with van der Waals surface area (Å²) in [7, 11) is 0. The largest absolute Gasteiger partial charge is 0.483 e. The molecule has 0 radical (unpaired) electrons. The standard InChI is InChI=1S/C28H41N5O5/c1-14-22(20-9-17-10-21(37-13-28(3,4)5)30-15(2)25(17)38-20)26(33-27(31-14)29-11-16-6-7-16)32-19-8-18(12-34)23(35)24(19)36/h10,16,18-20,23-24,34-36H,6-9,11-13H2,1-5H3,(H2,29,31,32,33). The van der Waals surface area contributed by atoms with E-state index >= 15 is 0 Å². The first-order valence-corrected chi connectivity index (χ1v) is 13.7. The molecule has 2 aromatic heterocycles. The molecule has 2 saturated carbocycles. The minimum atomic E-state index is -1.02. The first kappa shape index (κ1) is 26.9. The number of ether oxygens (including phenoxy) is 2. The topological polar surface area (TPSA) is 142 Å². The Hall–Kier alpha value is -2.69. The van der Waals surface area contributed by atoms with Crippen LogP contribution in [0.1, 0.15) is 68.7 Å². The van der Waals surface area contributed by atoms with Crippen molar-refractivity contribution >= 4 is 11.8 Å². The molecule has 3 aliphatic rings. The van der Waals surface area contributed by atoms with Crippen molar-refractivity contribution in [1.29, 1.82) is 0 Å². The molecule has 3 heterocycles. The van der Waals surface area contributed by atoms with Crippen LogP contribution in [0.15, 0.2) is 6.07 Å². The van der Waals surface area contributed by atoms with E-state index in [0.717, 1.165) is 34.8 Å². The second-order valence-electron chi connectivity index (χ2n) is 12.3. The molecular weight excluding hydrogens is 486 g/mol. The molecule has 208 valence electrons. The Morgan fingerprint density at radius 2 is 1.84 bits per heavy atom. The van der Waals surface area contributed by atoms with E-state index in [1.807, 2.05) is 19.9 Å². The second-order valence-corrected chi connectivity index (χ2v) is 12.3. The number of aryl methyl sites for hydroxylation is 2. The summed E-state index contributed by atoms with van der Waals surface area (Å²) in [6.45, 7) is 11.4. The molecular formula is C28H41N5O5. The van der Waals surface area contributed by atoms with Crippen LogP contribution in [-0.2, 0) is 6.42 Å². The molecule has 5 rings (SSSR count). The van der Waals surface area contributed by atoms with Crippen LogP contribution in [0, 0.1) is 31.1 Å². The van der Waals surface area contributed by atoms with Crippen molar-refractivity contribution in [3.63, 3.8) is 0 Å². The minimum absolute atomic E-state index is 0.0192. The van der Waals surface area contributed by atoms with Crippen LogP contribution in [0.3, 0.4) is 0 Å². The SMILES string of the molecule is Cc1nc(OCC(C)(C)C)cc2c1OC(c1c(C)nc(NCC3CC3)nc1NC1CC(CO)C(O)C1O)C2. The number of aromatic nitrogens is 3. The summed E-state index contributed by atoms with van der Waals surface area (Å²) in [5, 5.41) is 37.4. The highest BCUT2D eigenvalue weighted by Crippen LogP contribution is 2.43. The van der Waals surface area contributed by atoms with Gasteiger partial charge in [-0.15, -0.1) is 0 Å². The molecule has 0 spiro atoms. The monoisotopic (exact) mass is 527 g/mol. The quantitative estimate of drug-likeness (QED) is 0.330. The highest BCUT2D eigenvalue weighted by molar-refractivity contribution is 5.55. The maximum Gasteiger partial charge on any atom is 0.224 e. The Labute approximate surface area is 224 Å². The van der Waals surface area contributed by atoms with Crippen molar-refractivity contribution in [2.45, 2.75) is 84.7 Å². The van der Waals surface area contributed by atoms with Gasteiger partial charge in [-0.2, -0.15) is 4.98 Å². The lowest BCUT2D eigenvalue weighted by Crippen LogP contribution is -2.36. The number of aliphatic hydroxyl groups is 3. The summed E-state index contributed by atoms with van der Waals surface area (Å²) >= 11 is 0. The minimum Gasteiger partial charge on any atom is -0.483 e. The number of aliphatic hydroxyl groups excluding tert-OH is 3. The van der Waals surface area contributed by atoms with E-state index in [2.05, 4.69) is 36.4 Å². The van der Waals surface area contributed by atoms with Gasteiger partial charge in [0.2, 0.25) is 11.8 Å². The Kier molecular flexibility index (Phi) is 7.41. The predicted octanol–water partition coefficient (Wildman–Crippen LogP) is 2.93. The summed E-state index contributed by atoms with van der Waals surface area (Å²) in [6.07, 6.45) is 1.10. The smallest absolute Gasteiger partial charge is 0.224 e. The fourth-order valence-corrected chi connectivity index (χ4v) is 5.25. The first-order valence-electron chi connectivity index (χ1n) is 13.7. The summed E-state index contributed by atoms with van der Waals surface area (Å²) in [5.74, 6) is 2.69. The summed E-state index contributed by atoms with van der Waals surface area (Å²) in [6, 6.07) is 1.49. The summed E-state index contributed by atoms with van der Waals surface area (Å²) in [5.41, 5.74) is 3.39. The number of pyridine rings is 1. The van der Waals surface area contributed by atoms with Gasteiger partial charge >= 0.3 is 0 Å². The molecule has 0 amide bonds. The number of nitrogens with zero attached hydrogens (tertiary/aromatic N) is 3. The maximum atomic E-state index is 10.7. The van der Waals surface area contributed by atoms with E-state index < -0.39 is 24.2 Å². The van der Waals surface area contributed by atoms with Crippen LogP contribution in [0.5, 0.6) is 11.6 Å². The van der Waals surface area contributed by atoms with Gasteiger partial charge in [-0.1, -0.05) is 20.8 Å². The third-order valence-corrected chi connectivity index (χ3v) is 7.58. The molecule has 10 heteroatoms. The van der Waals surface area contributed by atoms with E-state index in [0.29, 0.717) is 43.0 Å². The van der Waals surface area contributed by atoms with Gasteiger partial charge in [0.05, 0.1) is 35.7 Å².